The van der Waals surface area contributed by atoms with Gasteiger partial charge in [0, 0.05) is 36.4 Å². The van der Waals surface area contributed by atoms with Crippen molar-refractivity contribution in [1.82, 2.24) is 4.57 Å². The van der Waals surface area contributed by atoms with Crippen LogP contribution in [-0.4, -0.2) is 49.2 Å². The number of ether oxygens (including phenoxy) is 2. The summed E-state index contributed by atoms with van der Waals surface area (Å²) in [5, 5.41) is 0.909. The van der Waals surface area contributed by atoms with Crippen molar-refractivity contribution in [3.8, 4) is 0 Å². The van der Waals surface area contributed by atoms with Crippen LogP contribution in [0, 0.1) is 12.8 Å². The Balaban J connectivity index is 1.77. The molecule has 30 heavy (non-hydrogen) atoms. The number of hydrogen-bond donors (Lipinski definition) is 0. The molecule has 7 heteroatoms. The highest BCUT2D eigenvalue weighted by atomic mass is 16.7. The fraction of sp³-hybridized carbons (Fsp3) is 0.609. The Hall–Kier alpha value is -1.83. The van der Waals surface area contributed by atoms with Crippen LogP contribution in [0.4, 0.5) is 0 Å². The minimum absolute atomic E-state index is 0.299. The Labute approximate surface area is 179 Å². The molecule has 0 spiro atoms. The van der Waals surface area contributed by atoms with Gasteiger partial charge in [0.1, 0.15) is 0 Å². The Kier molecular flexibility index (Phi) is 5.49. The van der Waals surface area contributed by atoms with Gasteiger partial charge in [-0.15, -0.1) is 0 Å². The zero-order chi connectivity index (χ0) is 21.7. The van der Waals surface area contributed by atoms with Crippen molar-refractivity contribution in [3.05, 3.63) is 29.5 Å². The summed E-state index contributed by atoms with van der Waals surface area (Å²) in [7, 11) is 0.995. The summed E-state index contributed by atoms with van der Waals surface area (Å²) < 4.78 is 25.4. The number of fused-ring (bicyclic) bond motifs is 1. The van der Waals surface area contributed by atoms with Crippen LogP contribution in [0.15, 0.2) is 18.2 Å². The Morgan fingerprint density at radius 3 is 2.40 bits per heavy atom. The molecular formula is C23H32BNO5. The van der Waals surface area contributed by atoms with Gasteiger partial charge in [-0.3, -0.25) is 0 Å². The zero-order valence-electron chi connectivity index (χ0n) is 18.9. The predicted octanol–water partition coefficient (Wildman–Crippen LogP) is 3.46. The van der Waals surface area contributed by atoms with Gasteiger partial charge in [0.25, 0.3) is 0 Å². The quantitative estimate of drug-likeness (QED) is 0.568. The molecular weight excluding hydrogens is 381 g/mol. The van der Waals surface area contributed by atoms with Crippen molar-refractivity contribution in [3.63, 3.8) is 0 Å². The SMILES string of the molecule is COC(=O)c1c(C)n(CC2CCOCC2)c2cc(B3OC(C)(C)C(C)(C)O3)ccc12. The highest BCUT2D eigenvalue weighted by Crippen LogP contribution is 2.37. The standard InChI is InChI=1S/C23H32BNO5/c1-15-20(21(26)27-6)18-8-7-17(24-29-22(2,3)23(4,5)30-24)13-19(18)25(15)14-16-9-11-28-12-10-16/h7-8,13,16H,9-12,14H2,1-6H3. The molecule has 0 amide bonds. The number of carbonyl (C=O) groups is 1. The number of rotatable bonds is 4. The molecule has 2 saturated heterocycles. The molecule has 2 aliphatic rings. The lowest BCUT2D eigenvalue weighted by atomic mass is 9.78. The minimum atomic E-state index is -0.437. The first-order chi connectivity index (χ1) is 14.1. The van der Waals surface area contributed by atoms with E-state index >= 15 is 0 Å². The molecule has 0 atom stereocenters. The molecule has 0 aliphatic carbocycles. The Morgan fingerprint density at radius 1 is 1.17 bits per heavy atom. The summed E-state index contributed by atoms with van der Waals surface area (Å²) in [5.74, 6) is 0.227. The maximum Gasteiger partial charge on any atom is 0.494 e. The second-order valence-electron chi connectivity index (χ2n) is 9.48. The van der Waals surface area contributed by atoms with Crippen LogP contribution in [0.1, 0.15) is 56.6 Å². The van der Waals surface area contributed by atoms with Crippen LogP contribution >= 0.6 is 0 Å². The van der Waals surface area contributed by atoms with Crippen molar-refractivity contribution < 1.29 is 23.6 Å². The van der Waals surface area contributed by atoms with Crippen molar-refractivity contribution in [2.45, 2.75) is 65.2 Å². The fourth-order valence-electron chi connectivity index (χ4n) is 4.40. The molecule has 2 fully saturated rings. The maximum absolute atomic E-state index is 12.6. The molecule has 0 radical (unpaired) electrons. The monoisotopic (exact) mass is 413 g/mol. The predicted molar refractivity (Wildman–Crippen MR) is 117 cm³/mol. The first-order valence-electron chi connectivity index (χ1n) is 10.8. The lowest BCUT2D eigenvalue weighted by Gasteiger charge is -2.32. The van der Waals surface area contributed by atoms with E-state index < -0.39 is 18.3 Å². The van der Waals surface area contributed by atoms with E-state index in [9.17, 15) is 4.79 Å². The van der Waals surface area contributed by atoms with E-state index in [1.165, 1.54) is 7.11 Å². The Morgan fingerprint density at radius 2 is 1.80 bits per heavy atom. The summed E-state index contributed by atoms with van der Waals surface area (Å²) in [5.41, 5.74) is 2.76. The summed E-state index contributed by atoms with van der Waals surface area (Å²) in [6, 6.07) is 6.10. The van der Waals surface area contributed by atoms with Crippen LogP contribution in [-0.2, 0) is 25.3 Å². The Bertz CT molecular complexity index is 942. The van der Waals surface area contributed by atoms with E-state index in [1.54, 1.807) is 0 Å². The van der Waals surface area contributed by atoms with Gasteiger partial charge >= 0.3 is 13.1 Å². The van der Waals surface area contributed by atoms with E-state index in [4.69, 9.17) is 18.8 Å². The number of hydrogen-bond acceptors (Lipinski definition) is 5. The molecule has 2 aliphatic heterocycles. The van der Waals surface area contributed by atoms with E-state index in [0.717, 1.165) is 54.7 Å². The van der Waals surface area contributed by atoms with Gasteiger partial charge in [0.15, 0.2) is 0 Å². The van der Waals surface area contributed by atoms with Crippen molar-refractivity contribution in [2.24, 2.45) is 5.92 Å². The van der Waals surface area contributed by atoms with Crippen LogP contribution in [0.5, 0.6) is 0 Å². The first kappa shape index (κ1) is 21.4. The van der Waals surface area contributed by atoms with Gasteiger partial charge in [-0.05, 0) is 64.9 Å². The molecule has 4 rings (SSSR count). The number of nitrogens with zero attached hydrogens (tertiary/aromatic N) is 1. The van der Waals surface area contributed by atoms with E-state index in [-0.39, 0.29) is 5.97 Å². The number of benzene rings is 1. The molecule has 0 unspecified atom stereocenters. The summed E-state index contributed by atoms with van der Waals surface area (Å²) >= 11 is 0. The molecule has 1 aromatic heterocycles. The minimum Gasteiger partial charge on any atom is -0.465 e. The topological polar surface area (TPSA) is 58.9 Å². The second kappa shape index (κ2) is 7.70. The van der Waals surface area contributed by atoms with E-state index in [1.807, 2.05) is 19.1 Å². The molecule has 1 aromatic carbocycles. The van der Waals surface area contributed by atoms with Gasteiger partial charge in [-0.1, -0.05) is 12.1 Å². The molecule has 6 nitrogen and oxygen atoms in total. The van der Waals surface area contributed by atoms with Crippen LogP contribution in [0.3, 0.4) is 0 Å². The van der Waals surface area contributed by atoms with Gasteiger partial charge in [-0.25, -0.2) is 4.79 Å². The van der Waals surface area contributed by atoms with E-state index in [2.05, 4.69) is 38.3 Å². The van der Waals surface area contributed by atoms with Crippen LogP contribution < -0.4 is 5.46 Å². The summed E-state index contributed by atoms with van der Waals surface area (Å²) in [6.07, 6.45) is 2.06. The lowest BCUT2D eigenvalue weighted by Crippen LogP contribution is -2.41. The molecule has 0 saturated carbocycles. The molecule has 0 N–H and O–H groups in total. The van der Waals surface area contributed by atoms with Gasteiger partial charge < -0.3 is 23.3 Å². The van der Waals surface area contributed by atoms with Crippen molar-refractivity contribution in [2.75, 3.05) is 20.3 Å². The fourth-order valence-corrected chi connectivity index (χ4v) is 4.40. The van der Waals surface area contributed by atoms with Crippen molar-refractivity contribution >= 4 is 29.5 Å². The molecule has 0 bridgehead atoms. The third-order valence-corrected chi connectivity index (χ3v) is 7.05. The van der Waals surface area contributed by atoms with Gasteiger partial charge in [0.05, 0.1) is 23.9 Å². The molecule has 2 aromatic rings. The summed E-state index contributed by atoms with van der Waals surface area (Å²) in [6.45, 7) is 12.7. The third kappa shape index (κ3) is 3.57. The normalized spacial score (nSPS) is 21.3. The zero-order valence-corrected chi connectivity index (χ0v) is 18.9. The van der Waals surface area contributed by atoms with E-state index in [0.29, 0.717) is 11.5 Å². The number of methoxy groups -OCH3 is 1. The maximum atomic E-state index is 12.6. The largest absolute Gasteiger partial charge is 0.494 e. The van der Waals surface area contributed by atoms with Gasteiger partial charge in [0.2, 0.25) is 0 Å². The first-order valence-corrected chi connectivity index (χ1v) is 10.8. The number of esters is 1. The summed E-state index contributed by atoms with van der Waals surface area (Å²) in [4.78, 5) is 12.6. The molecule has 3 heterocycles. The smallest absolute Gasteiger partial charge is 0.465 e. The lowest BCUT2D eigenvalue weighted by molar-refractivity contribution is 0.00578. The average Bonchev–Trinajstić information content (AvgIpc) is 3.10. The second-order valence-corrected chi connectivity index (χ2v) is 9.48. The third-order valence-electron chi connectivity index (χ3n) is 7.05. The van der Waals surface area contributed by atoms with Crippen LogP contribution in [0.2, 0.25) is 0 Å². The average molecular weight is 413 g/mol. The highest BCUT2D eigenvalue weighted by Gasteiger charge is 2.51. The highest BCUT2D eigenvalue weighted by molar-refractivity contribution is 6.62. The number of aromatic nitrogens is 1. The number of carbonyl (C=O) groups excluding carboxylic acids is 1. The van der Waals surface area contributed by atoms with Crippen LogP contribution in [0.25, 0.3) is 10.9 Å². The van der Waals surface area contributed by atoms with Gasteiger partial charge in [-0.2, -0.15) is 0 Å². The van der Waals surface area contributed by atoms with Crippen molar-refractivity contribution in [1.29, 1.82) is 0 Å². The molecule has 162 valence electrons.